The van der Waals surface area contributed by atoms with Gasteiger partial charge in [-0.3, -0.25) is 9.59 Å². The zero-order valence-electron chi connectivity index (χ0n) is 18.0. The van der Waals surface area contributed by atoms with Crippen LogP contribution in [-0.2, 0) is 24.3 Å². The van der Waals surface area contributed by atoms with Gasteiger partial charge in [-0.1, -0.05) is 24.4 Å². The van der Waals surface area contributed by atoms with Crippen molar-refractivity contribution in [1.82, 2.24) is 14.3 Å². The van der Waals surface area contributed by atoms with Crippen LogP contribution < -0.4 is 10.6 Å². The molecule has 0 bridgehead atoms. The molecule has 12 heteroatoms. The molecule has 2 aromatic rings. The number of ether oxygens (including phenoxy) is 1. The molecule has 1 saturated heterocycles. The first kappa shape index (κ1) is 24.9. The molecule has 2 N–H and O–H groups in total. The molecule has 178 valence electrons. The van der Waals surface area contributed by atoms with Crippen LogP contribution in [0.25, 0.3) is 0 Å². The standard InChI is InChI=1S/C21H26ClN5O5S/c22-17-7-6-16(33(30,31)27-12-3-1-2-4-13-27)14-18(17)26-19(28)15-32-20(29)8-11-25-21-23-9-5-10-24-21/h5-7,9-10,14H,1-4,8,11-13,15H2,(H,26,28)(H,23,24,25). The van der Waals surface area contributed by atoms with Crippen molar-refractivity contribution in [3.63, 3.8) is 0 Å². The number of rotatable bonds is 9. The molecule has 1 aliphatic rings. The van der Waals surface area contributed by atoms with Gasteiger partial charge in [0.1, 0.15) is 0 Å². The van der Waals surface area contributed by atoms with Crippen LogP contribution in [0, 0.1) is 0 Å². The monoisotopic (exact) mass is 495 g/mol. The molecule has 1 amide bonds. The summed E-state index contributed by atoms with van der Waals surface area (Å²) in [6.45, 7) is 0.647. The Kier molecular flexibility index (Phi) is 8.98. The van der Waals surface area contributed by atoms with Crippen LogP contribution in [0.1, 0.15) is 32.1 Å². The van der Waals surface area contributed by atoms with Crippen LogP contribution in [0.2, 0.25) is 5.02 Å². The fourth-order valence-electron chi connectivity index (χ4n) is 3.26. The zero-order chi connectivity index (χ0) is 23.7. The third-order valence-electron chi connectivity index (χ3n) is 4.96. The number of benzene rings is 1. The Bertz CT molecular complexity index is 1060. The van der Waals surface area contributed by atoms with Crippen LogP contribution in [0.5, 0.6) is 0 Å². The van der Waals surface area contributed by atoms with Crippen LogP contribution in [0.4, 0.5) is 11.6 Å². The van der Waals surface area contributed by atoms with Crippen molar-refractivity contribution < 1.29 is 22.7 Å². The smallest absolute Gasteiger partial charge is 0.308 e. The average molecular weight is 496 g/mol. The van der Waals surface area contributed by atoms with Crippen LogP contribution >= 0.6 is 11.6 Å². The minimum atomic E-state index is -3.70. The number of amides is 1. The summed E-state index contributed by atoms with van der Waals surface area (Å²) < 4.78 is 32.4. The molecule has 0 radical (unpaired) electrons. The molecule has 0 saturated carbocycles. The lowest BCUT2D eigenvalue weighted by Gasteiger charge is -2.20. The lowest BCUT2D eigenvalue weighted by molar-refractivity contribution is -0.147. The van der Waals surface area contributed by atoms with Gasteiger partial charge in [0.25, 0.3) is 5.91 Å². The van der Waals surface area contributed by atoms with E-state index in [1.807, 2.05) is 0 Å². The molecule has 0 aliphatic carbocycles. The molecule has 0 spiro atoms. The number of nitrogens with one attached hydrogen (secondary N) is 2. The van der Waals surface area contributed by atoms with Gasteiger partial charge in [0.05, 0.1) is 22.0 Å². The molecule has 10 nitrogen and oxygen atoms in total. The first-order valence-electron chi connectivity index (χ1n) is 10.6. The average Bonchev–Trinajstić information content (AvgIpc) is 3.10. The second-order valence-corrected chi connectivity index (χ2v) is 9.76. The summed E-state index contributed by atoms with van der Waals surface area (Å²) in [4.78, 5) is 32.1. The van der Waals surface area contributed by atoms with E-state index in [4.69, 9.17) is 16.3 Å². The second-order valence-electron chi connectivity index (χ2n) is 7.42. The number of carbonyl (C=O) groups is 2. The van der Waals surface area contributed by atoms with E-state index in [0.29, 0.717) is 19.0 Å². The Labute approximate surface area is 197 Å². The maximum atomic E-state index is 13.0. The summed E-state index contributed by atoms with van der Waals surface area (Å²) in [5.41, 5.74) is 0.136. The van der Waals surface area contributed by atoms with Crippen LogP contribution in [0.3, 0.4) is 0 Å². The summed E-state index contributed by atoms with van der Waals surface area (Å²) in [5, 5.41) is 5.55. The van der Waals surface area contributed by atoms with Gasteiger partial charge in [-0.05, 0) is 37.1 Å². The quantitative estimate of drug-likeness (QED) is 0.508. The van der Waals surface area contributed by atoms with Gasteiger partial charge in [0.2, 0.25) is 16.0 Å². The highest BCUT2D eigenvalue weighted by atomic mass is 35.5. The third kappa shape index (κ3) is 7.37. The number of esters is 1. The summed E-state index contributed by atoms with van der Waals surface area (Å²) >= 11 is 6.14. The van der Waals surface area contributed by atoms with E-state index in [-0.39, 0.29) is 28.6 Å². The highest BCUT2D eigenvalue weighted by molar-refractivity contribution is 7.89. The van der Waals surface area contributed by atoms with Gasteiger partial charge in [-0.25, -0.2) is 18.4 Å². The first-order chi connectivity index (χ1) is 15.9. The number of halogens is 1. The van der Waals surface area contributed by atoms with Crippen molar-refractivity contribution in [3.8, 4) is 0 Å². The Morgan fingerprint density at radius 2 is 1.79 bits per heavy atom. The van der Waals surface area contributed by atoms with Crippen molar-refractivity contribution >= 4 is 45.1 Å². The highest BCUT2D eigenvalue weighted by Crippen LogP contribution is 2.28. The number of carbonyl (C=O) groups excluding carboxylic acids is 2. The largest absolute Gasteiger partial charge is 0.456 e. The van der Waals surface area contributed by atoms with E-state index < -0.39 is 28.5 Å². The number of anilines is 2. The zero-order valence-corrected chi connectivity index (χ0v) is 19.6. The van der Waals surface area contributed by atoms with Crippen molar-refractivity contribution in [1.29, 1.82) is 0 Å². The minimum Gasteiger partial charge on any atom is -0.456 e. The summed E-state index contributed by atoms with van der Waals surface area (Å²) in [7, 11) is -3.70. The number of sulfonamides is 1. The van der Waals surface area contributed by atoms with Crippen molar-refractivity contribution in [2.24, 2.45) is 0 Å². The minimum absolute atomic E-state index is 0.00978. The van der Waals surface area contributed by atoms with Crippen molar-refractivity contribution in [2.45, 2.75) is 37.0 Å². The van der Waals surface area contributed by atoms with Crippen molar-refractivity contribution in [2.75, 3.05) is 36.9 Å². The van der Waals surface area contributed by atoms with E-state index in [0.717, 1.165) is 25.7 Å². The van der Waals surface area contributed by atoms with Gasteiger partial charge in [0, 0.05) is 32.0 Å². The molecule has 1 aromatic heterocycles. The number of nitrogens with zero attached hydrogens (tertiary/aromatic N) is 3. The van der Waals surface area contributed by atoms with Crippen LogP contribution in [-0.4, -0.2) is 60.8 Å². The Hall–Kier alpha value is -2.76. The lowest BCUT2D eigenvalue weighted by Crippen LogP contribution is -2.32. The van der Waals surface area contributed by atoms with Crippen molar-refractivity contribution in [3.05, 3.63) is 41.7 Å². The Morgan fingerprint density at radius 1 is 1.09 bits per heavy atom. The SMILES string of the molecule is O=C(COC(=O)CCNc1ncccn1)Nc1cc(S(=O)(=O)N2CCCCCC2)ccc1Cl. The topological polar surface area (TPSA) is 131 Å². The van der Waals surface area contributed by atoms with Gasteiger partial charge in [-0.2, -0.15) is 4.31 Å². The fraction of sp³-hybridized carbons (Fsp3) is 0.429. The van der Waals surface area contributed by atoms with Gasteiger partial charge < -0.3 is 15.4 Å². The Balaban J connectivity index is 1.52. The molecular formula is C21H26ClN5O5S. The molecule has 1 aliphatic heterocycles. The van der Waals surface area contributed by atoms with Crippen LogP contribution in [0.15, 0.2) is 41.6 Å². The molecule has 0 unspecified atom stereocenters. The number of hydrogen-bond donors (Lipinski definition) is 2. The molecule has 0 atom stereocenters. The van der Waals surface area contributed by atoms with Gasteiger partial charge in [0.15, 0.2) is 6.61 Å². The Morgan fingerprint density at radius 3 is 2.48 bits per heavy atom. The van der Waals surface area contributed by atoms with E-state index in [1.54, 1.807) is 18.5 Å². The van der Waals surface area contributed by atoms with E-state index in [9.17, 15) is 18.0 Å². The first-order valence-corrected chi connectivity index (χ1v) is 12.4. The van der Waals surface area contributed by atoms with Gasteiger partial charge in [-0.15, -0.1) is 0 Å². The molecule has 1 fully saturated rings. The lowest BCUT2D eigenvalue weighted by atomic mass is 10.2. The maximum Gasteiger partial charge on any atom is 0.308 e. The summed E-state index contributed by atoms with van der Waals surface area (Å²) in [6, 6.07) is 5.84. The second kappa shape index (κ2) is 11.9. The summed E-state index contributed by atoms with van der Waals surface area (Å²) in [6.07, 6.45) is 6.78. The van der Waals surface area contributed by atoms with E-state index in [1.165, 1.54) is 22.5 Å². The normalized spacial score (nSPS) is 14.8. The predicted octanol–water partition coefficient (Wildman–Crippen LogP) is 2.68. The number of aromatic nitrogens is 2. The molecule has 3 rings (SSSR count). The maximum absolute atomic E-state index is 13.0. The molecule has 33 heavy (non-hydrogen) atoms. The van der Waals surface area contributed by atoms with Gasteiger partial charge >= 0.3 is 5.97 Å². The molecular weight excluding hydrogens is 470 g/mol. The third-order valence-corrected chi connectivity index (χ3v) is 7.18. The number of hydrogen-bond acceptors (Lipinski definition) is 8. The van der Waals surface area contributed by atoms with E-state index >= 15 is 0 Å². The fourth-order valence-corrected chi connectivity index (χ4v) is 4.97. The molecule has 2 heterocycles. The molecule has 1 aromatic carbocycles. The van der Waals surface area contributed by atoms with E-state index in [2.05, 4.69) is 20.6 Å². The highest BCUT2D eigenvalue weighted by Gasteiger charge is 2.26. The summed E-state index contributed by atoms with van der Waals surface area (Å²) in [5.74, 6) is -0.834. The predicted molar refractivity (Wildman–Crippen MR) is 123 cm³/mol.